The third kappa shape index (κ3) is 7.30. The highest BCUT2D eigenvalue weighted by atomic mass is 16.5. The second-order valence-corrected chi connectivity index (χ2v) is 7.60. The second-order valence-electron chi connectivity index (χ2n) is 7.60. The van der Waals surface area contributed by atoms with E-state index in [2.05, 4.69) is 33.5 Å². The average molecular weight is 393 g/mol. The molecular weight excluding hydrogens is 356 g/mol. The minimum Gasteiger partial charge on any atom is -0.496 e. The van der Waals surface area contributed by atoms with E-state index in [1.807, 2.05) is 32.0 Å². The van der Waals surface area contributed by atoms with Crippen molar-refractivity contribution in [2.75, 3.05) is 59.6 Å². The number of nitrogens with one attached hydrogen (secondary N) is 2. The maximum Gasteiger partial charge on any atom is 0.191 e. The van der Waals surface area contributed by atoms with Crippen molar-refractivity contribution in [2.45, 2.75) is 32.3 Å². The van der Waals surface area contributed by atoms with E-state index in [1.54, 1.807) is 7.11 Å². The van der Waals surface area contributed by atoms with Gasteiger partial charge in [-0.05, 0) is 25.5 Å². The highest BCUT2D eigenvalue weighted by Crippen LogP contribution is 2.25. The summed E-state index contributed by atoms with van der Waals surface area (Å²) in [5.41, 5.74) is 0.279. The Bertz CT molecular complexity index is 615. The Morgan fingerprint density at radius 1 is 1.32 bits per heavy atom. The first-order valence-corrected chi connectivity index (χ1v) is 10.1. The molecule has 3 N–H and O–H groups in total. The van der Waals surface area contributed by atoms with Crippen molar-refractivity contribution in [3.8, 4) is 5.75 Å². The first-order chi connectivity index (χ1) is 13.4. The fraction of sp³-hybridized carbons (Fsp3) is 0.667. The third-order valence-electron chi connectivity index (χ3n) is 4.84. The number of hydrogen-bond donors (Lipinski definition) is 3. The number of guanidine groups is 1. The molecule has 0 radical (unpaired) electrons. The minimum absolute atomic E-state index is 0.258. The zero-order chi connectivity index (χ0) is 20.4. The van der Waals surface area contributed by atoms with Crippen LogP contribution in [0.3, 0.4) is 0 Å². The fourth-order valence-corrected chi connectivity index (χ4v) is 3.32. The molecule has 1 fully saturated rings. The van der Waals surface area contributed by atoms with Gasteiger partial charge in [-0.2, -0.15) is 0 Å². The molecule has 2 atom stereocenters. The molecule has 1 aromatic carbocycles. The molecule has 0 bridgehead atoms. The number of ether oxygens (including phenoxy) is 2. The summed E-state index contributed by atoms with van der Waals surface area (Å²) in [7, 11) is 1.70. The summed E-state index contributed by atoms with van der Waals surface area (Å²) in [4.78, 5) is 6.84. The summed E-state index contributed by atoms with van der Waals surface area (Å²) >= 11 is 0. The first-order valence-electron chi connectivity index (χ1n) is 10.1. The van der Waals surface area contributed by atoms with Crippen LogP contribution in [0.15, 0.2) is 29.3 Å². The van der Waals surface area contributed by atoms with E-state index in [0.29, 0.717) is 19.0 Å². The molecule has 7 nitrogen and oxygen atoms in total. The number of rotatable bonds is 9. The van der Waals surface area contributed by atoms with Crippen LogP contribution < -0.4 is 15.4 Å². The third-order valence-corrected chi connectivity index (χ3v) is 4.84. The predicted molar refractivity (Wildman–Crippen MR) is 113 cm³/mol. The molecule has 1 aliphatic heterocycles. The van der Waals surface area contributed by atoms with Crippen LogP contribution in [0.4, 0.5) is 0 Å². The van der Waals surface area contributed by atoms with Gasteiger partial charge in [0.1, 0.15) is 5.75 Å². The van der Waals surface area contributed by atoms with E-state index in [4.69, 9.17) is 9.47 Å². The summed E-state index contributed by atoms with van der Waals surface area (Å²) in [5, 5.41) is 17.4. The Hall–Kier alpha value is -1.83. The zero-order valence-corrected chi connectivity index (χ0v) is 17.7. The van der Waals surface area contributed by atoms with Gasteiger partial charge in [-0.3, -0.25) is 9.89 Å². The highest BCUT2D eigenvalue weighted by molar-refractivity contribution is 5.79. The van der Waals surface area contributed by atoms with Crippen molar-refractivity contribution in [3.63, 3.8) is 0 Å². The van der Waals surface area contributed by atoms with Crippen LogP contribution >= 0.6 is 0 Å². The van der Waals surface area contributed by atoms with Gasteiger partial charge < -0.3 is 25.2 Å². The van der Waals surface area contributed by atoms with Crippen LogP contribution in [0.25, 0.3) is 0 Å². The molecule has 0 amide bonds. The zero-order valence-electron chi connectivity index (χ0n) is 17.7. The number of hydrogen-bond acceptors (Lipinski definition) is 5. The lowest BCUT2D eigenvalue weighted by Crippen LogP contribution is -2.48. The standard InChI is InChI=1S/C21H36N4O3/c1-5-22-20(23-14-17(2)18-8-6-7-9-19(18)27-4)24-15-21(3,26)16-25-10-12-28-13-11-25/h6-9,17,26H,5,10-16H2,1-4H3,(H2,22,23,24). The van der Waals surface area contributed by atoms with Crippen LogP contribution in [0.5, 0.6) is 5.75 Å². The van der Waals surface area contributed by atoms with Gasteiger partial charge in [0.15, 0.2) is 5.96 Å². The Kier molecular flexibility index (Phi) is 9.02. The Balaban J connectivity index is 1.91. The van der Waals surface area contributed by atoms with Gasteiger partial charge in [0.25, 0.3) is 0 Å². The molecule has 1 heterocycles. The van der Waals surface area contributed by atoms with Gasteiger partial charge in [-0.25, -0.2) is 0 Å². The molecule has 0 aliphatic carbocycles. The molecule has 1 aliphatic rings. The average Bonchev–Trinajstić information content (AvgIpc) is 2.70. The molecule has 2 unspecified atom stereocenters. The molecule has 158 valence electrons. The van der Waals surface area contributed by atoms with E-state index in [1.165, 1.54) is 0 Å². The van der Waals surface area contributed by atoms with Crippen LogP contribution in [0, 0.1) is 0 Å². The van der Waals surface area contributed by atoms with Crippen LogP contribution in [-0.2, 0) is 4.74 Å². The molecule has 0 spiro atoms. The maximum atomic E-state index is 10.7. The van der Waals surface area contributed by atoms with Crippen molar-refractivity contribution in [1.82, 2.24) is 15.5 Å². The van der Waals surface area contributed by atoms with E-state index in [0.717, 1.165) is 50.7 Å². The van der Waals surface area contributed by atoms with Crippen LogP contribution in [-0.4, -0.2) is 81.2 Å². The van der Waals surface area contributed by atoms with E-state index in [-0.39, 0.29) is 5.92 Å². The lowest BCUT2D eigenvalue weighted by atomic mass is 10.0. The van der Waals surface area contributed by atoms with Crippen LogP contribution in [0.2, 0.25) is 0 Å². The van der Waals surface area contributed by atoms with Crippen molar-refractivity contribution < 1.29 is 14.6 Å². The quantitative estimate of drug-likeness (QED) is 0.436. The lowest BCUT2D eigenvalue weighted by Gasteiger charge is -2.33. The van der Waals surface area contributed by atoms with Gasteiger partial charge in [-0.1, -0.05) is 25.1 Å². The summed E-state index contributed by atoms with van der Waals surface area (Å²) in [6.07, 6.45) is 0. The maximum absolute atomic E-state index is 10.7. The topological polar surface area (TPSA) is 78.4 Å². The molecule has 1 aromatic rings. The highest BCUT2D eigenvalue weighted by Gasteiger charge is 2.25. The van der Waals surface area contributed by atoms with E-state index in [9.17, 15) is 5.11 Å². The molecule has 0 saturated carbocycles. The monoisotopic (exact) mass is 392 g/mol. The first kappa shape index (κ1) is 22.5. The minimum atomic E-state index is -0.881. The van der Waals surface area contributed by atoms with Gasteiger partial charge in [0, 0.05) is 38.6 Å². The number of aliphatic hydroxyl groups is 1. The Labute approximate surface area is 169 Å². The van der Waals surface area contributed by atoms with Gasteiger partial charge >= 0.3 is 0 Å². The summed E-state index contributed by atoms with van der Waals surface area (Å²) in [6, 6.07) is 8.07. The predicted octanol–water partition coefficient (Wildman–Crippen LogP) is 1.44. The normalized spacial score (nSPS) is 19.0. The Morgan fingerprint density at radius 3 is 2.71 bits per heavy atom. The van der Waals surface area contributed by atoms with E-state index < -0.39 is 5.60 Å². The number of benzene rings is 1. The molecule has 2 rings (SSSR count). The molecule has 7 heteroatoms. The lowest BCUT2D eigenvalue weighted by molar-refractivity contribution is -0.0179. The molecule has 28 heavy (non-hydrogen) atoms. The van der Waals surface area contributed by atoms with Gasteiger partial charge in [0.05, 0.1) is 32.5 Å². The fourth-order valence-electron chi connectivity index (χ4n) is 3.32. The largest absolute Gasteiger partial charge is 0.496 e. The Morgan fingerprint density at radius 2 is 2.04 bits per heavy atom. The molecule has 0 aromatic heterocycles. The smallest absolute Gasteiger partial charge is 0.191 e. The summed E-state index contributed by atoms with van der Waals surface area (Å²) in [6.45, 7) is 11.6. The van der Waals surface area contributed by atoms with Crippen molar-refractivity contribution >= 4 is 5.96 Å². The van der Waals surface area contributed by atoms with Gasteiger partial charge in [-0.15, -0.1) is 0 Å². The second kappa shape index (κ2) is 11.2. The number of nitrogens with zero attached hydrogens (tertiary/aromatic N) is 2. The summed E-state index contributed by atoms with van der Waals surface area (Å²) < 4.78 is 10.8. The van der Waals surface area contributed by atoms with Crippen molar-refractivity contribution in [3.05, 3.63) is 29.8 Å². The SMILES string of the molecule is CCNC(=NCC(C)(O)CN1CCOCC1)NCC(C)c1ccccc1OC. The molecular formula is C21H36N4O3. The number of β-amino-alcohol motifs (C(OH)–C–C–N with tert-alkyl or cyclic N) is 1. The molecule has 1 saturated heterocycles. The number of para-hydroxylation sites is 1. The van der Waals surface area contributed by atoms with Crippen molar-refractivity contribution in [1.29, 1.82) is 0 Å². The number of aliphatic imine (C=N–C) groups is 1. The van der Waals surface area contributed by atoms with E-state index >= 15 is 0 Å². The van der Waals surface area contributed by atoms with Crippen LogP contribution in [0.1, 0.15) is 32.3 Å². The summed E-state index contributed by atoms with van der Waals surface area (Å²) in [5.74, 6) is 1.87. The number of methoxy groups -OCH3 is 1. The number of morpholine rings is 1. The van der Waals surface area contributed by atoms with Crippen molar-refractivity contribution in [2.24, 2.45) is 4.99 Å². The van der Waals surface area contributed by atoms with Gasteiger partial charge in [0.2, 0.25) is 0 Å².